The van der Waals surface area contributed by atoms with Crippen molar-refractivity contribution in [3.8, 4) is 28.8 Å². The van der Waals surface area contributed by atoms with Crippen LogP contribution >= 0.6 is 0 Å². The Morgan fingerprint density at radius 2 is 2.23 bits per heavy atom. The summed E-state index contributed by atoms with van der Waals surface area (Å²) in [5.74, 6) is 6.42. The third kappa shape index (κ3) is 3.83. The number of aromatic nitrogens is 1. The molecule has 3 rings (SSSR count). The Bertz CT molecular complexity index is 880. The van der Waals surface area contributed by atoms with Crippen LogP contribution in [-0.2, 0) is 4.79 Å². The lowest BCUT2D eigenvalue weighted by Crippen LogP contribution is -2.49. The first kappa shape index (κ1) is 17.5. The molecule has 0 saturated carbocycles. The second kappa shape index (κ2) is 7.70. The van der Waals surface area contributed by atoms with Crippen LogP contribution in [0, 0.1) is 17.3 Å². The fourth-order valence-corrected chi connectivity index (χ4v) is 2.71. The number of benzene rings is 1. The number of amides is 1. The zero-order valence-corrected chi connectivity index (χ0v) is 14.7. The van der Waals surface area contributed by atoms with Gasteiger partial charge in [-0.05, 0) is 36.8 Å². The standard InChI is InChI=1S/C20H20N4O2/c1-3-4-10-26-16-7-5-6-14(11-16)17-12-15(8-9-22-17)18-13-19(25)24(2)20(21)23-18/h5-9,11-12,18H,10,13H2,1-2H3,(H2,21,23)/t18-/m1/s1. The molecule has 6 nitrogen and oxygen atoms in total. The maximum absolute atomic E-state index is 12.0. The van der Waals surface area contributed by atoms with Gasteiger partial charge in [-0.1, -0.05) is 18.1 Å². The Morgan fingerprint density at radius 3 is 3.00 bits per heavy atom. The molecule has 1 aliphatic rings. The summed E-state index contributed by atoms with van der Waals surface area (Å²) in [6.07, 6.45) is 2.02. The molecule has 0 radical (unpaired) electrons. The molecule has 1 aliphatic heterocycles. The van der Waals surface area contributed by atoms with Gasteiger partial charge in [0.2, 0.25) is 5.91 Å². The Morgan fingerprint density at radius 1 is 1.38 bits per heavy atom. The van der Waals surface area contributed by atoms with Crippen LogP contribution in [0.1, 0.15) is 24.9 Å². The van der Waals surface area contributed by atoms with E-state index in [1.54, 1.807) is 20.2 Å². The molecule has 1 atom stereocenters. The highest BCUT2D eigenvalue weighted by molar-refractivity contribution is 5.98. The van der Waals surface area contributed by atoms with Gasteiger partial charge in [-0.25, -0.2) is 0 Å². The first-order valence-electron chi connectivity index (χ1n) is 8.29. The van der Waals surface area contributed by atoms with Crippen LogP contribution in [0.15, 0.2) is 42.6 Å². The van der Waals surface area contributed by atoms with E-state index in [1.165, 1.54) is 4.90 Å². The van der Waals surface area contributed by atoms with Gasteiger partial charge >= 0.3 is 0 Å². The molecular formula is C20H20N4O2. The fraction of sp³-hybridized carbons (Fsp3) is 0.250. The Labute approximate surface area is 152 Å². The zero-order valence-electron chi connectivity index (χ0n) is 14.7. The van der Waals surface area contributed by atoms with Gasteiger partial charge in [0.1, 0.15) is 12.4 Å². The van der Waals surface area contributed by atoms with Crippen molar-refractivity contribution in [3.05, 3.63) is 48.2 Å². The second-order valence-corrected chi connectivity index (χ2v) is 5.92. The number of nitrogens with zero attached hydrogens (tertiary/aromatic N) is 2. The summed E-state index contributed by atoms with van der Waals surface area (Å²) in [5, 5.41) is 10.9. The van der Waals surface area contributed by atoms with Crippen LogP contribution in [0.3, 0.4) is 0 Å². The first-order valence-corrected chi connectivity index (χ1v) is 8.29. The van der Waals surface area contributed by atoms with Gasteiger partial charge in [0, 0.05) is 18.8 Å². The van der Waals surface area contributed by atoms with Gasteiger partial charge in [-0.15, -0.1) is 5.92 Å². The third-order valence-corrected chi connectivity index (χ3v) is 4.20. The Balaban J connectivity index is 1.83. The minimum Gasteiger partial charge on any atom is -0.481 e. The summed E-state index contributed by atoms with van der Waals surface area (Å²) >= 11 is 0. The number of nitrogens with one attached hydrogen (secondary N) is 2. The van der Waals surface area contributed by atoms with E-state index in [9.17, 15) is 4.79 Å². The summed E-state index contributed by atoms with van der Waals surface area (Å²) in [4.78, 5) is 17.8. The normalized spacial score (nSPS) is 16.5. The van der Waals surface area contributed by atoms with Gasteiger partial charge in [-0.2, -0.15) is 0 Å². The van der Waals surface area contributed by atoms with Crippen molar-refractivity contribution in [2.75, 3.05) is 13.7 Å². The van der Waals surface area contributed by atoms with E-state index in [2.05, 4.69) is 22.1 Å². The highest BCUT2D eigenvalue weighted by Crippen LogP contribution is 2.27. The molecule has 2 heterocycles. The predicted molar refractivity (Wildman–Crippen MR) is 99.6 cm³/mol. The quantitative estimate of drug-likeness (QED) is 0.833. The largest absolute Gasteiger partial charge is 0.481 e. The number of hydrogen-bond acceptors (Lipinski definition) is 4. The smallest absolute Gasteiger partial charge is 0.231 e. The molecule has 26 heavy (non-hydrogen) atoms. The van der Waals surface area contributed by atoms with Crippen LogP contribution in [0.5, 0.6) is 5.75 Å². The number of carbonyl (C=O) groups is 1. The summed E-state index contributed by atoms with van der Waals surface area (Å²) < 4.78 is 5.60. The highest BCUT2D eigenvalue weighted by atomic mass is 16.5. The molecule has 1 amide bonds. The third-order valence-electron chi connectivity index (χ3n) is 4.20. The molecule has 1 aromatic carbocycles. The van der Waals surface area contributed by atoms with E-state index in [0.29, 0.717) is 13.0 Å². The number of hydrogen-bond donors (Lipinski definition) is 2. The molecule has 1 saturated heterocycles. The van der Waals surface area contributed by atoms with Crippen LogP contribution in [0.2, 0.25) is 0 Å². The maximum atomic E-state index is 12.0. The highest BCUT2D eigenvalue weighted by Gasteiger charge is 2.28. The van der Waals surface area contributed by atoms with Gasteiger partial charge in [-0.3, -0.25) is 20.1 Å². The minimum absolute atomic E-state index is 0.0791. The van der Waals surface area contributed by atoms with Crippen molar-refractivity contribution < 1.29 is 9.53 Å². The average Bonchev–Trinajstić information content (AvgIpc) is 2.66. The average molecular weight is 348 g/mol. The molecule has 2 N–H and O–H groups in total. The van der Waals surface area contributed by atoms with Crippen molar-refractivity contribution in [3.63, 3.8) is 0 Å². The number of pyridine rings is 1. The lowest BCUT2D eigenvalue weighted by atomic mass is 10.00. The predicted octanol–water partition coefficient (Wildman–Crippen LogP) is 2.58. The molecule has 0 spiro atoms. The van der Waals surface area contributed by atoms with Crippen molar-refractivity contribution in [2.24, 2.45) is 0 Å². The summed E-state index contributed by atoms with van der Waals surface area (Å²) in [6.45, 7) is 2.12. The van der Waals surface area contributed by atoms with E-state index in [-0.39, 0.29) is 17.9 Å². The van der Waals surface area contributed by atoms with Crippen LogP contribution in [-0.4, -0.2) is 35.4 Å². The van der Waals surface area contributed by atoms with Crippen molar-refractivity contribution >= 4 is 11.9 Å². The lowest BCUT2D eigenvalue weighted by molar-refractivity contribution is -0.128. The second-order valence-electron chi connectivity index (χ2n) is 5.92. The van der Waals surface area contributed by atoms with Gasteiger partial charge in [0.15, 0.2) is 5.96 Å². The number of ether oxygens (including phenoxy) is 1. The number of guanidine groups is 1. The van der Waals surface area contributed by atoms with Crippen molar-refractivity contribution in [1.29, 1.82) is 5.41 Å². The minimum atomic E-state index is -0.229. The van der Waals surface area contributed by atoms with Crippen LogP contribution < -0.4 is 10.1 Å². The Hall–Kier alpha value is -3.33. The van der Waals surface area contributed by atoms with E-state index in [1.807, 2.05) is 36.4 Å². The SMILES string of the molecule is CC#CCOc1cccc(-c2cc([C@H]3CC(=O)N(C)C(=N)N3)ccn2)c1. The molecule has 2 aromatic rings. The molecule has 1 fully saturated rings. The Kier molecular flexibility index (Phi) is 5.18. The van der Waals surface area contributed by atoms with E-state index >= 15 is 0 Å². The molecule has 1 aromatic heterocycles. The zero-order chi connectivity index (χ0) is 18.5. The fourth-order valence-electron chi connectivity index (χ4n) is 2.71. The number of rotatable bonds is 4. The van der Waals surface area contributed by atoms with E-state index in [4.69, 9.17) is 10.1 Å². The summed E-state index contributed by atoms with van der Waals surface area (Å²) in [7, 11) is 1.60. The van der Waals surface area contributed by atoms with Crippen molar-refractivity contribution in [2.45, 2.75) is 19.4 Å². The van der Waals surface area contributed by atoms with Crippen LogP contribution in [0.25, 0.3) is 11.3 Å². The molecule has 0 aliphatic carbocycles. The van der Waals surface area contributed by atoms with E-state index < -0.39 is 0 Å². The summed E-state index contributed by atoms with van der Waals surface area (Å²) in [6, 6.07) is 11.2. The van der Waals surface area contributed by atoms with Gasteiger partial charge < -0.3 is 10.1 Å². The topological polar surface area (TPSA) is 78.3 Å². The first-order chi connectivity index (χ1) is 12.6. The van der Waals surface area contributed by atoms with E-state index in [0.717, 1.165) is 22.6 Å². The number of carbonyl (C=O) groups excluding carboxylic acids is 1. The monoisotopic (exact) mass is 348 g/mol. The lowest BCUT2D eigenvalue weighted by Gasteiger charge is -2.31. The molecule has 0 unspecified atom stereocenters. The molecule has 132 valence electrons. The molecular weight excluding hydrogens is 328 g/mol. The van der Waals surface area contributed by atoms with Crippen molar-refractivity contribution in [1.82, 2.24) is 15.2 Å². The molecule has 0 bridgehead atoms. The van der Waals surface area contributed by atoms with Gasteiger partial charge in [0.05, 0.1) is 18.2 Å². The van der Waals surface area contributed by atoms with Gasteiger partial charge in [0.25, 0.3) is 0 Å². The summed E-state index contributed by atoms with van der Waals surface area (Å²) in [5.41, 5.74) is 2.63. The maximum Gasteiger partial charge on any atom is 0.231 e. The van der Waals surface area contributed by atoms with Crippen LogP contribution in [0.4, 0.5) is 0 Å². The molecule has 6 heteroatoms.